The molecule has 0 radical (unpaired) electrons. The topological polar surface area (TPSA) is 9.23 Å². The fourth-order valence-corrected chi connectivity index (χ4v) is 2.74. The van der Waals surface area contributed by atoms with Crippen LogP contribution in [0.2, 0.25) is 18.1 Å². The summed E-state index contributed by atoms with van der Waals surface area (Å²) in [7, 11) is -1.67. The Labute approximate surface area is 134 Å². The second-order valence-corrected chi connectivity index (χ2v) is 12.6. The van der Waals surface area contributed by atoms with E-state index in [1.807, 2.05) is 6.08 Å². The van der Waals surface area contributed by atoms with Gasteiger partial charge in [-0.05, 0) is 63.7 Å². The van der Waals surface area contributed by atoms with Gasteiger partial charge in [0, 0.05) is 0 Å². The second kappa shape index (κ2) is 8.75. The van der Waals surface area contributed by atoms with Gasteiger partial charge in [-0.2, -0.15) is 0 Å². The summed E-state index contributed by atoms with van der Waals surface area (Å²) in [6.45, 7) is 22.7. The van der Waals surface area contributed by atoms with Crippen molar-refractivity contribution in [2.45, 2.75) is 78.9 Å². The van der Waals surface area contributed by atoms with Crippen LogP contribution in [0.1, 0.15) is 60.8 Å². The minimum absolute atomic E-state index is 0.266. The van der Waals surface area contributed by atoms with Crippen LogP contribution >= 0.6 is 0 Å². The molecule has 0 aliphatic rings. The van der Waals surface area contributed by atoms with Crippen LogP contribution in [-0.4, -0.2) is 14.9 Å². The maximum absolute atomic E-state index is 6.37. The van der Waals surface area contributed by atoms with Crippen molar-refractivity contribution in [3.63, 3.8) is 0 Å². The maximum atomic E-state index is 6.37. The van der Waals surface area contributed by atoms with E-state index in [9.17, 15) is 0 Å². The van der Waals surface area contributed by atoms with Crippen molar-refractivity contribution in [1.82, 2.24) is 0 Å². The van der Waals surface area contributed by atoms with Crippen LogP contribution in [0.4, 0.5) is 0 Å². The largest absolute Gasteiger partial charge is 0.413 e. The van der Waals surface area contributed by atoms with E-state index in [0.29, 0.717) is 0 Å². The molecule has 0 amide bonds. The highest BCUT2D eigenvalue weighted by atomic mass is 28.4. The molecule has 122 valence electrons. The van der Waals surface area contributed by atoms with Gasteiger partial charge in [0.25, 0.3) is 0 Å². The normalized spacial score (nSPS) is 13.7. The van der Waals surface area contributed by atoms with Crippen molar-refractivity contribution in [3.05, 3.63) is 35.5 Å². The molecule has 0 fully saturated rings. The minimum atomic E-state index is -1.67. The molecule has 0 heterocycles. The van der Waals surface area contributed by atoms with Crippen molar-refractivity contribution in [3.8, 4) is 0 Å². The Morgan fingerprint density at radius 2 is 1.71 bits per heavy atom. The Morgan fingerprint density at radius 3 is 2.14 bits per heavy atom. The molecule has 0 aromatic heterocycles. The van der Waals surface area contributed by atoms with E-state index in [1.165, 1.54) is 16.7 Å². The van der Waals surface area contributed by atoms with Crippen LogP contribution < -0.4 is 0 Å². The molecule has 0 saturated carbocycles. The highest BCUT2D eigenvalue weighted by Crippen LogP contribution is 2.37. The summed E-state index contributed by atoms with van der Waals surface area (Å²) in [5.74, 6) is 0. The van der Waals surface area contributed by atoms with Gasteiger partial charge in [0.1, 0.15) is 0 Å². The van der Waals surface area contributed by atoms with Gasteiger partial charge in [-0.25, -0.2) is 0 Å². The van der Waals surface area contributed by atoms with Crippen molar-refractivity contribution in [2.75, 3.05) is 6.61 Å². The lowest BCUT2D eigenvalue weighted by molar-refractivity contribution is 0.315. The predicted molar refractivity (Wildman–Crippen MR) is 99.3 cm³/mol. The van der Waals surface area contributed by atoms with Gasteiger partial charge < -0.3 is 4.43 Å². The van der Waals surface area contributed by atoms with Crippen LogP contribution in [0, 0.1) is 0 Å². The number of hydrogen-bond donors (Lipinski definition) is 0. The van der Waals surface area contributed by atoms with E-state index in [0.717, 1.165) is 25.9 Å². The standard InChI is InChI=1S/C19H36OSi/c1-10-12-18(17(4)14-11-13-16(2)3)15-20-21(8,9)19(5,6)7/h10,13H,1,11-12,14-15H2,2-9H3/b18-17+. The molecule has 0 saturated heterocycles. The van der Waals surface area contributed by atoms with Crippen molar-refractivity contribution >= 4 is 8.32 Å². The molecule has 0 aromatic rings. The Kier molecular flexibility index (Phi) is 8.49. The lowest BCUT2D eigenvalue weighted by atomic mass is 10.0. The first-order chi connectivity index (χ1) is 9.51. The van der Waals surface area contributed by atoms with Crippen LogP contribution in [-0.2, 0) is 4.43 Å². The summed E-state index contributed by atoms with van der Waals surface area (Å²) in [5, 5.41) is 0.266. The number of allylic oxidation sites excluding steroid dienone is 4. The van der Waals surface area contributed by atoms with Gasteiger partial charge in [0.05, 0.1) is 6.61 Å². The average molecular weight is 309 g/mol. The third-order valence-corrected chi connectivity index (χ3v) is 8.96. The maximum Gasteiger partial charge on any atom is 0.192 e. The zero-order valence-corrected chi connectivity index (χ0v) is 16.6. The van der Waals surface area contributed by atoms with Crippen molar-refractivity contribution in [2.24, 2.45) is 0 Å². The zero-order chi connectivity index (χ0) is 16.7. The minimum Gasteiger partial charge on any atom is -0.413 e. The molecule has 0 unspecified atom stereocenters. The molecule has 0 aliphatic carbocycles. The zero-order valence-electron chi connectivity index (χ0n) is 15.6. The van der Waals surface area contributed by atoms with E-state index >= 15 is 0 Å². The molecular formula is C19H36OSi. The summed E-state index contributed by atoms with van der Waals surface area (Å²) in [4.78, 5) is 0. The molecular weight excluding hydrogens is 272 g/mol. The van der Waals surface area contributed by atoms with Gasteiger partial charge >= 0.3 is 0 Å². The molecule has 0 aliphatic heterocycles. The van der Waals surface area contributed by atoms with Gasteiger partial charge in [-0.1, -0.05) is 44.1 Å². The third-order valence-electron chi connectivity index (χ3n) is 4.48. The monoisotopic (exact) mass is 308 g/mol. The lowest BCUT2D eigenvalue weighted by Gasteiger charge is -2.36. The second-order valence-electron chi connectivity index (χ2n) is 7.75. The van der Waals surface area contributed by atoms with Crippen molar-refractivity contribution < 1.29 is 4.43 Å². The number of rotatable bonds is 8. The highest BCUT2D eigenvalue weighted by molar-refractivity contribution is 6.74. The van der Waals surface area contributed by atoms with E-state index in [1.54, 1.807) is 0 Å². The smallest absolute Gasteiger partial charge is 0.192 e. The Hall–Kier alpha value is -0.603. The Balaban J connectivity index is 4.82. The van der Waals surface area contributed by atoms with Crippen LogP contribution in [0.5, 0.6) is 0 Å². The van der Waals surface area contributed by atoms with E-state index in [2.05, 4.69) is 67.3 Å². The first-order valence-electron chi connectivity index (χ1n) is 8.07. The Morgan fingerprint density at radius 1 is 1.14 bits per heavy atom. The molecule has 0 N–H and O–H groups in total. The molecule has 0 atom stereocenters. The molecule has 21 heavy (non-hydrogen) atoms. The summed E-state index contributed by atoms with van der Waals surface area (Å²) >= 11 is 0. The fraction of sp³-hybridized carbons (Fsp3) is 0.684. The summed E-state index contributed by atoms with van der Waals surface area (Å²) in [5.41, 5.74) is 4.27. The van der Waals surface area contributed by atoms with Gasteiger partial charge in [-0.3, -0.25) is 0 Å². The van der Waals surface area contributed by atoms with Crippen LogP contribution in [0.15, 0.2) is 35.5 Å². The third kappa shape index (κ3) is 7.82. The van der Waals surface area contributed by atoms with Gasteiger partial charge in [0.15, 0.2) is 8.32 Å². The van der Waals surface area contributed by atoms with Crippen LogP contribution in [0.3, 0.4) is 0 Å². The first-order valence-corrected chi connectivity index (χ1v) is 11.0. The quantitative estimate of drug-likeness (QED) is 0.360. The van der Waals surface area contributed by atoms with Crippen molar-refractivity contribution in [1.29, 1.82) is 0 Å². The van der Waals surface area contributed by atoms with Gasteiger partial charge in [0.2, 0.25) is 0 Å². The molecule has 0 spiro atoms. The summed E-state index contributed by atoms with van der Waals surface area (Å²) in [6, 6.07) is 0. The van der Waals surface area contributed by atoms with E-state index in [-0.39, 0.29) is 5.04 Å². The van der Waals surface area contributed by atoms with E-state index < -0.39 is 8.32 Å². The SMILES string of the molecule is C=CC/C(CO[Si](C)(C)C(C)(C)C)=C(/C)CCC=C(C)C. The van der Waals surface area contributed by atoms with Gasteiger partial charge in [-0.15, -0.1) is 6.58 Å². The predicted octanol–water partition coefficient (Wildman–Crippen LogP) is 6.65. The van der Waals surface area contributed by atoms with Crippen LogP contribution in [0.25, 0.3) is 0 Å². The Bertz CT molecular complexity index is 390. The fourth-order valence-electron chi connectivity index (χ4n) is 1.77. The summed E-state index contributed by atoms with van der Waals surface area (Å²) in [6.07, 6.45) is 7.48. The highest BCUT2D eigenvalue weighted by Gasteiger charge is 2.37. The number of hydrogen-bond acceptors (Lipinski definition) is 1. The van der Waals surface area contributed by atoms with E-state index in [4.69, 9.17) is 4.43 Å². The molecule has 0 rings (SSSR count). The molecule has 2 heteroatoms. The molecule has 1 nitrogen and oxygen atoms in total. The summed E-state index contributed by atoms with van der Waals surface area (Å²) < 4.78 is 6.37. The average Bonchev–Trinajstić information content (AvgIpc) is 2.32. The first kappa shape index (κ1) is 20.4. The lowest BCUT2D eigenvalue weighted by Crippen LogP contribution is -2.41. The molecule has 0 bridgehead atoms. The molecule has 0 aromatic carbocycles.